The van der Waals surface area contributed by atoms with E-state index in [1.54, 1.807) is 12.1 Å². The van der Waals surface area contributed by atoms with E-state index >= 15 is 0 Å². The Hall–Kier alpha value is -3.21. The molecule has 0 aliphatic carbocycles. The number of benzene rings is 1. The van der Waals surface area contributed by atoms with Crippen LogP contribution in [0.25, 0.3) is 0 Å². The molecule has 1 aromatic rings. The molecule has 0 fully saturated rings. The first-order valence-electron chi connectivity index (χ1n) is 7.42. The molecule has 0 radical (unpaired) electrons. The standard InChI is InChI=1S/C16H18N4O4/c17-7-13(9-18-4-1-5-19-10-21)16(22)20-8-12-2-3-14-15(6-12)24-11-23-14/h2-3,6,9-10,18H,1,4-5,8,11H2,(H,19,21)(H,20,22)/b13-9-. The van der Waals surface area contributed by atoms with E-state index in [4.69, 9.17) is 14.7 Å². The zero-order chi connectivity index (χ0) is 17.2. The van der Waals surface area contributed by atoms with Gasteiger partial charge in [-0.15, -0.1) is 0 Å². The van der Waals surface area contributed by atoms with Crippen LogP contribution < -0.4 is 25.4 Å². The molecule has 1 aliphatic heterocycles. The normalized spacial score (nSPS) is 12.2. The van der Waals surface area contributed by atoms with Gasteiger partial charge in [-0.1, -0.05) is 6.07 Å². The van der Waals surface area contributed by atoms with Crippen molar-refractivity contribution in [3.63, 3.8) is 0 Å². The van der Waals surface area contributed by atoms with E-state index in [-0.39, 0.29) is 18.9 Å². The largest absolute Gasteiger partial charge is 0.454 e. The summed E-state index contributed by atoms with van der Waals surface area (Å²) in [6, 6.07) is 7.24. The molecule has 0 spiro atoms. The van der Waals surface area contributed by atoms with Crippen molar-refractivity contribution in [3.05, 3.63) is 35.5 Å². The van der Waals surface area contributed by atoms with Crippen molar-refractivity contribution < 1.29 is 19.1 Å². The van der Waals surface area contributed by atoms with Gasteiger partial charge in [0.1, 0.15) is 11.6 Å². The van der Waals surface area contributed by atoms with Gasteiger partial charge in [-0.25, -0.2) is 0 Å². The van der Waals surface area contributed by atoms with Crippen molar-refractivity contribution in [1.82, 2.24) is 16.0 Å². The van der Waals surface area contributed by atoms with E-state index in [0.29, 0.717) is 37.4 Å². The van der Waals surface area contributed by atoms with E-state index in [1.165, 1.54) is 6.20 Å². The zero-order valence-electron chi connectivity index (χ0n) is 13.0. The maximum absolute atomic E-state index is 12.0. The number of nitriles is 1. The highest BCUT2D eigenvalue weighted by atomic mass is 16.7. The van der Waals surface area contributed by atoms with E-state index in [0.717, 1.165) is 5.56 Å². The average molecular weight is 330 g/mol. The van der Waals surface area contributed by atoms with Gasteiger partial charge >= 0.3 is 0 Å². The van der Waals surface area contributed by atoms with Crippen LogP contribution in [0.4, 0.5) is 0 Å². The summed E-state index contributed by atoms with van der Waals surface area (Å²) in [7, 11) is 0. The molecule has 2 amide bonds. The summed E-state index contributed by atoms with van der Waals surface area (Å²) in [5, 5.41) is 17.1. The van der Waals surface area contributed by atoms with Crippen molar-refractivity contribution in [2.24, 2.45) is 0 Å². The maximum atomic E-state index is 12.0. The molecular weight excluding hydrogens is 312 g/mol. The fourth-order valence-electron chi connectivity index (χ4n) is 2.00. The number of ether oxygens (including phenoxy) is 2. The molecule has 126 valence electrons. The number of hydrogen-bond acceptors (Lipinski definition) is 6. The number of carbonyl (C=O) groups is 2. The molecular formula is C16H18N4O4. The molecule has 0 saturated heterocycles. The van der Waals surface area contributed by atoms with Crippen molar-refractivity contribution >= 4 is 12.3 Å². The van der Waals surface area contributed by atoms with Crippen molar-refractivity contribution in [2.75, 3.05) is 19.9 Å². The second-order valence-electron chi connectivity index (χ2n) is 4.92. The minimum absolute atomic E-state index is 0.0147. The fraction of sp³-hybridized carbons (Fsp3) is 0.312. The Kier molecular flexibility index (Phi) is 6.46. The summed E-state index contributed by atoms with van der Waals surface area (Å²) in [4.78, 5) is 22.1. The SMILES string of the molecule is N#C/C(=C/NCCCNC=O)C(=O)NCc1ccc2c(c1)OCO2. The molecule has 0 aromatic heterocycles. The van der Waals surface area contributed by atoms with E-state index in [9.17, 15) is 9.59 Å². The van der Waals surface area contributed by atoms with Gasteiger partial charge in [0.25, 0.3) is 5.91 Å². The van der Waals surface area contributed by atoms with E-state index in [2.05, 4.69) is 16.0 Å². The third kappa shape index (κ3) is 4.91. The van der Waals surface area contributed by atoms with Crippen LogP contribution in [0, 0.1) is 11.3 Å². The third-order valence-corrected chi connectivity index (χ3v) is 3.23. The molecule has 24 heavy (non-hydrogen) atoms. The van der Waals surface area contributed by atoms with Crippen LogP contribution in [-0.4, -0.2) is 32.2 Å². The molecule has 1 aliphatic rings. The Bertz CT molecular complexity index is 667. The van der Waals surface area contributed by atoms with Crippen molar-refractivity contribution in [3.8, 4) is 17.6 Å². The highest BCUT2D eigenvalue weighted by molar-refractivity contribution is 5.97. The van der Waals surface area contributed by atoms with Gasteiger partial charge in [-0.3, -0.25) is 9.59 Å². The zero-order valence-corrected chi connectivity index (χ0v) is 13.0. The third-order valence-electron chi connectivity index (χ3n) is 3.23. The lowest BCUT2D eigenvalue weighted by atomic mass is 10.2. The number of carbonyl (C=O) groups excluding carboxylic acids is 2. The molecule has 0 unspecified atom stereocenters. The lowest BCUT2D eigenvalue weighted by molar-refractivity contribution is -0.117. The smallest absolute Gasteiger partial charge is 0.263 e. The van der Waals surface area contributed by atoms with Gasteiger partial charge in [0, 0.05) is 25.8 Å². The second kappa shape index (κ2) is 9.05. The lowest BCUT2D eigenvalue weighted by Gasteiger charge is -2.06. The predicted octanol–water partition coefficient (Wildman–Crippen LogP) is 0.165. The number of fused-ring (bicyclic) bond motifs is 1. The van der Waals surface area contributed by atoms with E-state index < -0.39 is 5.91 Å². The van der Waals surface area contributed by atoms with Gasteiger partial charge in [0.05, 0.1) is 0 Å². The first kappa shape index (κ1) is 17.1. The molecule has 0 saturated carbocycles. The Labute approximate surface area is 139 Å². The molecule has 0 atom stereocenters. The summed E-state index contributed by atoms with van der Waals surface area (Å²) < 4.78 is 10.5. The monoisotopic (exact) mass is 330 g/mol. The van der Waals surface area contributed by atoms with Gasteiger partial charge in [-0.2, -0.15) is 5.26 Å². The second-order valence-corrected chi connectivity index (χ2v) is 4.92. The van der Waals surface area contributed by atoms with Gasteiger partial charge in [0.2, 0.25) is 13.2 Å². The van der Waals surface area contributed by atoms with Crippen molar-refractivity contribution in [1.29, 1.82) is 5.26 Å². The number of nitrogens with zero attached hydrogens (tertiary/aromatic N) is 1. The van der Waals surface area contributed by atoms with Gasteiger partial charge in [-0.05, 0) is 24.1 Å². The molecule has 2 rings (SSSR count). The summed E-state index contributed by atoms with van der Waals surface area (Å²) in [6.07, 6.45) is 2.68. The first-order valence-corrected chi connectivity index (χ1v) is 7.42. The van der Waals surface area contributed by atoms with Crippen LogP contribution in [0.5, 0.6) is 11.5 Å². The molecule has 8 nitrogen and oxygen atoms in total. The minimum atomic E-state index is -0.464. The van der Waals surface area contributed by atoms with Crippen molar-refractivity contribution in [2.45, 2.75) is 13.0 Å². The topological polar surface area (TPSA) is 112 Å². The van der Waals surface area contributed by atoms with E-state index in [1.807, 2.05) is 12.1 Å². The highest BCUT2D eigenvalue weighted by Crippen LogP contribution is 2.32. The Morgan fingerprint density at radius 2 is 2.04 bits per heavy atom. The Morgan fingerprint density at radius 3 is 2.83 bits per heavy atom. The van der Waals surface area contributed by atoms with Crippen LogP contribution in [0.3, 0.4) is 0 Å². The van der Waals surface area contributed by atoms with Gasteiger partial charge < -0.3 is 25.4 Å². The van der Waals surface area contributed by atoms with Crippen LogP contribution in [0.15, 0.2) is 30.0 Å². The predicted molar refractivity (Wildman–Crippen MR) is 84.8 cm³/mol. The number of nitrogens with one attached hydrogen (secondary N) is 3. The molecule has 1 aromatic carbocycles. The summed E-state index contributed by atoms with van der Waals surface area (Å²) in [5.41, 5.74) is 0.830. The minimum Gasteiger partial charge on any atom is -0.454 e. The highest BCUT2D eigenvalue weighted by Gasteiger charge is 2.14. The summed E-state index contributed by atoms with van der Waals surface area (Å²) in [5.74, 6) is 0.855. The van der Waals surface area contributed by atoms with Crippen LogP contribution in [0.2, 0.25) is 0 Å². The fourth-order valence-corrected chi connectivity index (χ4v) is 2.00. The quantitative estimate of drug-likeness (QED) is 0.257. The first-order chi connectivity index (χ1) is 11.7. The Balaban J connectivity index is 1.79. The average Bonchev–Trinajstić information content (AvgIpc) is 3.07. The maximum Gasteiger partial charge on any atom is 0.263 e. The lowest BCUT2D eigenvalue weighted by Crippen LogP contribution is -2.25. The summed E-state index contributed by atoms with van der Waals surface area (Å²) in [6.45, 7) is 1.54. The molecule has 0 bridgehead atoms. The molecule has 8 heteroatoms. The van der Waals surface area contributed by atoms with Crippen LogP contribution >= 0.6 is 0 Å². The summed E-state index contributed by atoms with van der Waals surface area (Å²) >= 11 is 0. The van der Waals surface area contributed by atoms with Crippen LogP contribution in [0.1, 0.15) is 12.0 Å². The van der Waals surface area contributed by atoms with Gasteiger partial charge in [0.15, 0.2) is 11.5 Å². The number of rotatable bonds is 9. The number of amides is 2. The molecule has 1 heterocycles. The van der Waals surface area contributed by atoms with Crippen LogP contribution in [-0.2, 0) is 16.1 Å². The number of hydrogen-bond donors (Lipinski definition) is 3. The Morgan fingerprint density at radius 1 is 1.25 bits per heavy atom. The molecule has 3 N–H and O–H groups in total.